The zero-order valence-electron chi connectivity index (χ0n) is 14.7. The van der Waals surface area contributed by atoms with E-state index in [2.05, 4.69) is 15.5 Å². The number of para-hydroxylation sites is 2. The molecule has 0 spiro atoms. The highest BCUT2D eigenvalue weighted by atomic mass is 35.5. The molecule has 2 heterocycles. The zero-order chi connectivity index (χ0) is 17.6. The van der Waals surface area contributed by atoms with E-state index in [-0.39, 0.29) is 24.0 Å². The maximum atomic E-state index is 12.4. The van der Waals surface area contributed by atoms with Gasteiger partial charge in [0.1, 0.15) is 5.69 Å². The third-order valence-corrected chi connectivity index (χ3v) is 4.94. The fourth-order valence-corrected chi connectivity index (χ4v) is 3.56. The number of nitro groups is 1. The molecule has 8 nitrogen and oxygen atoms in total. The molecule has 1 unspecified atom stereocenters. The first-order valence-electron chi connectivity index (χ1n) is 8.85. The van der Waals surface area contributed by atoms with Crippen molar-refractivity contribution < 1.29 is 9.72 Å². The summed E-state index contributed by atoms with van der Waals surface area (Å²) in [5.41, 5.74) is 0.496. The average molecular weight is 384 g/mol. The lowest BCUT2D eigenvalue weighted by Gasteiger charge is -2.32. The third-order valence-electron chi connectivity index (χ3n) is 4.94. The van der Waals surface area contributed by atoms with Crippen LogP contribution < -0.4 is 10.6 Å². The summed E-state index contributed by atoms with van der Waals surface area (Å²) in [5.74, 6) is 0.115. The van der Waals surface area contributed by atoms with Gasteiger partial charge < -0.3 is 15.5 Å². The van der Waals surface area contributed by atoms with Crippen molar-refractivity contribution in [1.82, 2.24) is 15.1 Å². The van der Waals surface area contributed by atoms with Crippen molar-refractivity contribution >= 4 is 29.7 Å². The van der Waals surface area contributed by atoms with Crippen LogP contribution in [0.15, 0.2) is 24.3 Å². The number of piperazine rings is 1. The van der Waals surface area contributed by atoms with Gasteiger partial charge >= 0.3 is 0 Å². The fraction of sp³-hybridized carbons (Fsp3) is 0.588. The molecule has 2 aliphatic rings. The maximum Gasteiger partial charge on any atom is 0.292 e. The van der Waals surface area contributed by atoms with E-state index in [0.29, 0.717) is 24.7 Å². The number of nitrogens with zero attached hydrogens (tertiary/aromatic N) is 3. The molecular weight excluding hydrogens is 358 g/mol. The van der Waals surface area contributed by atoms with Crippen LogP contribution >= 0.6 is 12.4 Å². The van der Waals surface area contributed by atoms with Gasteiger partial charge in [0, 0.05) is 64.3 Å². The van der Waals surface area contributed by atoms with Crippen molar-refractivity contribution in [2.45, 2.75) is 18.9 Å². The van der Waals surface area contributed by atoms with Crippen molar-refractivity contribution in [2.24, 2.45) is 0 Å². The standard InChI is InChI=1S/C17H25N5O3.ClH/c23-17(5-7-19-15-3-1-2-4-16(15)22(24)25)21-10-6-14(13-21)20-11-8-18-9-12-20;/h1-4,14,18-19H,5-13H2;1H. The number of halogens is 1. The molecule has 9 heteroatoms. The Morgan fingerprint density at radius 2 is 2.00 bits per heavy atom. The van der Waals surface area contributed by atoms with E-state index in [9.17, 15) is 14.9 Å². The number of hydrogen-bond acceptors (Lipinski definition) is 6. The van der Waals surface area contributed by atoms with Crippen LogP contribution in [0.25, 0.3) is 0 Å². The first-order valence-corrected chi connectivity index (χ1v) is 8.85. The number of nitrogens with one attached hydrogen (secondary N) is 2. The van der Waals surface area contributed by atoms with Crippen LogP contribution in [-0.2, 0) is 4.79 Å². The van der Waals surface area contributed by atoms with Gasteiger partial charge in [-0.25, -0.2) is 0 Å². The Hall–Kier alpha value is -1.90. The molecule has 2 fully saturated rings. The number of carbonyl (C=O) groups is 1. The molecule has 1 amide bonds. The van der Waals surface area contributed by atoms with Crippen molar-refractivity contribution in [3.05, 3.63) is 34.4 Å². The number of carbonyl (C=O) groups excluding carboxylic acids is 1. The lowest BCUT2D eigenvalue weighted by atomic mass is 10.2. The third kappa shape index (κ3) is 5.06. The summed E-state index contributed by atoms with van der Waals surface area (Å²) in [6.45, 7) is 6.13. The van der Waals surface area contributed by atoms with Crippen LogP contribution in [0.3, 0.4) is 0 Å². The number of amides is 1. The Bertz CT molecular complexity index is 624. The minimum atomic E-state index is -0.414. The largest absolute Gasteiger partial charge is 0.379 e. The molecule has 0 bridgehead atoms. The van der Waals surface area contributed by atoms with E-state index >= 15 is 0 Å². The fourth-order valence-electron chi connectivity index (χ4n) is 3.56. The van der Waals surface area contributed by atoms with Crippen molar-refractivity contribution in [3.8, 4) is 0 Å². The van der Waals surface area contributed by atoms with Gasteiger partial charge in [-0.05, 0) is 12.5 Å². The van der Waals surface area contributed by atoms with Crippen LogP contribution in [-0.4, -0.2) is 72.5 Å². The van der Waals surface area contributed by atoms with E-state index in [1.807, 2.05) is 4.90 Å². The number of anilines is 1. The minimum absolute atomic E-state index is 0. The van der Waals surface area contributed by atoms with Gasteiger partial charge in [0.25, 0.3) is 5.69 Å². The van der Waals surface area contributed by atoms with Gasteiger partial charge in [-0.1, -0.05) is 12.1 Å². The second kappa shape index (κ2) is 9.70. The van der Waals surface area contributed by atoms with Gasteiger partial charge in [-0.2, -0.15) is 0 Å². The van der Waals surface area contributed by atoms with E-state index in [1.54, 1.807) is 18.2 Å². The summed E-state index contributed by atoms with van der Waals surface area (Å²) in [7, 11) is 0. The van der Waals surface area contributed by atoms with Crippen LogP contribution in [0.2, 0.25) is 0 Å². The van der Waals surface area contributed by atoms with Gasteiger partial charge in [0.05, 0.1) is 4.92 Å². The lowest BCUT2D eigenvalue weighted by Crippen LogP contribution is -2.49. The second-order valence-electron chi connectivity index (χ2n) is 6.52. The van der Waals surface area contributed by atoms with E-state index < -0.39 is 4.92 Å². The van der Waals surface area contributed by atoms with Crippen molar-refractivity contribution in [1.29, 1.82) is 0 Å². The van der Waals surface area contributed by atoms with Crippen LogP contribution in [0.4, 0.5) is 11.4 Å². The van der Waals surface area contributed by atoms with Crippen molar-refractivity contribution in [3.63, 3.8) is 0 Å². The maximum absolute atomic E-state index is 12.4. The number of rotatable bonds is 6. The predicted molar refractivity (Wildman–Crippen MR) is 103 cm³/mol. The summed E-state index contributed by atoms with van der Waals surface area (Å²) >= 11 is 0. The molecule has 26 heavy (non-hydrogen) atoms. The van der Waals surface area contributed by atoms with Gasteiger partial charge in [0.2, 0.25) is 5.91 Å². The Labute approximate surface area is 159 Å². The number of likely N-dealkylation sites (tertiary alicyclic amines) is 1. The van der Waals surface area contributed by atoms with Crippen LogP contribution in [0, 0.1) is 10.1 Å². The average Bonchev–Trinajstić information content (AvgIpc) is 3.13. The smallest absolute Gasteiger partial charge is 0.292 e. The summed E-state index contributed by atoms with van der Waals surface area (Å²) < 4.78 is 0. The molecule has 2 N–H and O–H groups in total. The van der Waals surface area contributed by atoms with Crippen LogP contribution in [0.5, 0.6) is 0 Å². The summed E-state index contributed by atoms with van der Waals surface area (Å²) in [6, 6.07) is 6.97. The van der Waals surface area contributed by atoms with Gasteiger partial charge in [0.15, 0.2) is 0 Å². The highest BCUT2D eigenvalue weighted by Gasteiger charge is 2.30. The zero-order valence-corrected chi connectivity index (χ0v) is 15.5. The van der Waals surface area contributed by atoms with E-state index in [4.69, 9.17) is 0 Å². The number of benzene rings is 1. The molecule has 1 atom stereocenters. The topological polar surface area (TPSA) is 90.7 Å². The molecule has 2 saturated heterocycles. The summed E-state index contributed by atoms with van der Waals surface area (Å²) in [6.07, 6.45) is 1.38. The van der Waals surface area contributed by atoms with Gasteiger partial charge in [-0.3, -0.25) is 19.8 Å². The highest BCUT2D eigenvalue weighted by molar-refractivity contribution is 5.85. The highest BCUT2D eigenvalue weighted by Crippen LogP contribution is 2.23. The monoisotopic (exact) mass is 383 g/mol. The SMILES string of the molecule is Cl.O=C(CCNc1ccccc1[N+](=O)[O-])N1CCC(N2CCNCC2)C1. The quantitative estimate of drug-likeness (QED) is 0.568. The molecule has 0 aliphatic carbocycles. The Kier molecular flexibility index (Phi) is 7.62. The minimum Gasteiger partial charge on any atom is -0.379 e. The predicted octanol–water partition coefficient (Wildman–Crippen LogP) is 1.32. The molecule has 144 valence electrons. The Morgan fingerprint density at radius 3 is 2.73 bits per heavy atom. The summed E-state index contributed by atoms with van der Waals surface area (Å²) in [5, 5.41) is 17.4. The normalized spacial score (nSPS) is 20.5. The lowest BCUT2D eigenvalue weighted by molar-refractivity contribution is -0.384. The second-order valence-corrected chi connectivity index (χ2v) is 6.52. The molecule has 2 aliphatic heterocycles. The first-order chi connectivity index (χ1) is 12.1. The number of hydrogen-bond donors (Lipinski definition) is 2. The Balaban J connectivity index is 0.00000243. The molecule has 0 radical (unpaired) electrons. The molecular formula is C17H26ClN5O3. The molecule has 0 saturated carbocycles. The van der Waals surface area contributed by atoms with Crippen LogP contribution in [0.1, 0.15) is 12.8 Å². The van der Waals surface area contributed by atoms with Crippen molar-refractivity contribution in [2.75, 3.05) is 51.1 Å². The first kappa shape index (κ1) is 20.4. The molecule has 0 aromatic heterocycles. The van der Waals surface area contributed by atoms with E-state index in [0.717, 1.165) is 45.7 Å². The van der Waals surface area contributed by atoms with Gasteiger partial charge in [-0.15, -0.1) is 12.4 Å². The summed E-state index contributed by atoms with van der Waals surface area (Å²) in [4.78, 5) is 27.4. The Morgan fingerprint density at radius 1 is 1.27 bits per heavy atom. The van der Waals surface area contributed by atoms with E-state index in [1.165, 1.54) is 6.07 Å². The number of nitro benzene ring substituents is 1. The molecule has 1 aromatic carbocycles. The molecule has 3 rings (SSSR count). The molecule has 1 aromatic rings.